The van der Waals surface area contributed by atoms with Crippen LogP contribution in [0.15, 0.2) is 30.3 Å². The molecule has 0 spiro atoms. The van der Waals surface area contributed by atoms with Crippen LogP contribution in [0.1, 0.15) is 52.7 Å². The number of nitrogens with zero attached hydrogens (tertiary/aromatic N) is 1. The van der Waals surface area contributed by atoms with Crippen LogP contribution in [0, 0.1) is 0 Å². The number of Topliss-reactive ketones (excluding diaryl/α,β-unsaturated/α-hetero) is 1. The minimum Gasteiger partial charge on any atom is -0.316 e. The first-order chi connectivity index (χ1) is 14.5. The molecule has 2 heterocycles. The molecule has 1 N–H and O–H groups in total. The van der Waals surface area contributed by atoms with Crippen molar-refractivity contribution in [2.75, 3.05) is 24.5 Å². The van der Waals surface area contributed by atoms with Gasteiger partial charge >= 0.3 is 0 Å². The minimum atomic E-state index is 0. The fourth-order valence-electron chi connectivity index (χ4n) is 4.41. The van der Waals surface area contributed by atoms with Crippen molar-refractivity contribution in [2.24, 2.45) is 0 Å². The third-order valence-electron chi connectivity index (χ3n) is 5.99. The van der Waals surface area contributed by atoms with E-state index in [4.69, 9.17) is 23.2 Å². The van der Waals surface area contributed by atoms with Crippen molar-refractivity contribution in [1.29, 1.82) is 0 Å². The molecule has 2 aromatic carbocycles. The summed E-state index contributed by atoms with van der Waals surface area (Å²) in [7, 11) is 0. The van der Waals surface area contributed by atoms with Crippen molar-refractivity contribution in [2.45, 2.75) is 44.9 Å². The summed E-state index contributed by atoms with van der Waals surface area (Å²) < 4.78 is 0. The second kappa shape index (κ2) is 10.8. The number of amides is 1. The first-order valence-corrected chi connectivity index (χ1v) is 11.4. The Kier molecular flexibility index (Phi) is 8.40. The molecule has 4 rings (SSSR count). The first-order valence-electron chi connectivity index (χ1n) is 10.7. The highest BCUT2D eigenvalue weighted by molar-refractivity contribution is 6.36. The average molecular weight is 482 g/mol. The number of aryl methyl sites for hydroxylation is 1. The zero-order valence-electron chi connectivity index (χ0n) is 17.4. The predicted octanol–water partition coefficient (Wildman–Crippen LogP) is 5.44. The van der Waals surface area contributed by atoms with Gasteiger partial charge in [0.1, 0.15) is 0 Å². The van der Waals surface area contributed by atoms with Crippen molar-refractivity contribution >= 4 is 53.0 Å². The van der Waals surface area contributed by atoms with Crippen molar-refractivity contribution < 1.29 is 9.59 Å². The van der Waals surface area contributed by atoms with Gasteiger partial charge in [-0.3, -0.25) is 9.59 Å². The summed E-state index contributed by atoms with van der Waals surface area (Å²) in [6, 6.07) is 9.58. The molecule has 4 nitrogen and oxygen atoms in total. The van der Waals surface area contributed by atoms with Crippen molar-refractivity contribution in [3.63, 3.8) is 0 Å². The Labute approximate surface area is 199 Å². The van der Waals surface area contributed by atoms with Gasteiger partial charge in [0.05, 0.1) is 5.69 Å². The normalized spacial score (nSPS) is 14.4. The van der Waals surface area contributed by atoms with E-state index in [0.717, 1.165) is 79.7 Å². The molecule has 0 atom stereocenters. The zero-order chi connectivity index (χ0) is 21.1. The molecule has 0 saturated carbocycles. The number of nitrogens with one attached hydrogen (secondary N) is 1. The molecule has 0 unspecified atom stereocenters. The molecule has 166 valence electrons. The van der Waals surface area contributed by atoms with Crippen LogP contribution in [0.4, 0.5) is 5.69 Å². The maximum Gasteiger partial charge on any atom is 0.227 e. The lowest BCUT2D eigenvalue weighted by molar-refractivity contribution is -0.118. The quantitative estimate of drug-likeness (QED) is 0.383. The van der Waals surface area contributed by atoms with E-state index >= 15 is 0 Å². The van der Waals surface area contributed by atoms with Crippen LogP contribution in [-0.2, 0) is 24.1 Å². The lowest BCUT2D eigenvalue weighted by Crippen LogP contribution is -2.32. The SMILES string of the molecule is Cl.O=C(CCCCNCCc1c(Cl)cccc1Cl)c1cc2c3c(c1)CCN3C(=O)CC2. The molecule has 2 aliphatic rings. The van der Waals surface area contributed by atoms with E-state index in [1.165, 1.54) is 0 Å². The fourth-order valence-corrected chi connectivity index (χ4v) is 4.99. The zero-order valence-corrected chi connectivity index (χ0v) is 19.7. The molecule has 0 aromatic heterocycles. The summed E-state index contributed by atoms with van der Waals surface area (Å²) in [5.74, 6) is 0.414. The Balaban J connectivity index is 0.00000272. The Morgan fingerprint density at radius 1 is 1.00 bits per heavy atom. The molecule has 0 bridgehead atoms. The van der Waals surface area contributed by atoms with E-state index in [1.807, 2.05) is 35.2 Å². The van der Waals surface area contributed by atoms with E-state index in [2.05, 4.69) is 5.32 Å². The molecule has 0 saturated heterocycles. The van der Waals surface area contributed by atoms with Crippen molar-refractivity contribution in [3.8, 4) is 0 Å². The molecule has 0 fully saturated rings. The van der Waals surface area contributed by atoms with Crippen LogP contribution in [0.25, 0.3) is 0 Å². The van der Waals surface area contributed by atoms with E-state index < -0.39 is 0 Å². The predicted molar refractivity (Wildman–Crippen MR) is 129 cm³/mol. The Bertz CT molecular complexity index is 957. The lowest BCUT2D eigenvalue weighted by atomic mass is 9.94. The standard InChI is InChI=1S/C24H26Cl2N2O2.ClH/c25-20-4-3-5-21(26)19(20)9-12-27-11-2-1-6-22(29)18-14-16-7-8-23(30)28-13-10-17(15-18)24(16)28;/h3-5,14-15,27H,1-2,6-13H2;1H. The summed E-state index contributed by atoms with van der Waals surface area (Å²) in [6.07, 6.45) is 5.30. The summed E-state index contributed by atoms with van der Waals surface area (Å²) in [5, 5.41) is 4.81. The van der Waals surface area contributed by atoms with Gasteiger partial charge in [-0.05, 0) is 86.1 Å². The lowest BCUT2D eigenvalue weighted by Gasteiger charge is -2.25. The van der Waals surface area contributed by atoms with Gasteiger partial charge in [0, 0.05) is 35.0 Å². The Morgan fingerprint density at radius 2 is 1.71 bits per heavy atom. The van der Waals surface area contributed by atoms with Gasteiger partial charge in [-0.2, -0.15) is 0 Å². The number of rotatable bonds is 9. The topological polar surface area (TPSA) is 49.4 Å². The number of unbranched alkanes of at least 4 members (excludes halogenated alkanes) is 1. The van der Waals surface area contributed by atoms with Crippen LogP contribution < -0.4 is 10.2 Å². The Morgan fingerprint density at radius 3 is 2.45 bits per heavy atom. The van der Waals surface area contributed by atoms with Gasteiger partial charge in [-0.15, -0.1) is 12.4 Å². The number of carbonyl (C=O) groups excluding carboxylic acids is 2. The monoisotopic (exact) mass is 480 g/mol. The van der Waals surface area contributed by atoms with Gasteiger partial charge < -0.3 is 10.2 Å². The average Bonchev–Trinajstić information content (AvgIpc) is 3.17. The number of hydrogen-bond donors (Lipinski definition) is 1. The van der Waals surface area contributed by atoms with Gasteiger partial charge in [0.2, 0.25) is 5.91 Å². The van der Waals surface area contributed by atoms with Gasteiger partial charge in [-0.1, -0.05) is 29.3 Å². The fraction of sp³-hybridized carbons (Fsp3) is 0.417. The number of ketones is 1. The maximum atomic E-state index is 12.7. The minimum absolute atomic E-state index is 0. The number of anilines is 1. The molecular weight excluding hydrogens is 455 g/mol. The molecule has 2 aromatic rings. The van der Waals surface area contributed by atoms with Crippen LogP contribution in [0.3, 0.4) is 0 Å². The Hall–Kier alpha value is -1.59. The van der Waals surface area contributed by atoms with E-state index in [1.54, 1.807) is 0 Å². The highest BCUT2D eigenvalue weighted by Gasteiger charge is 2.31. The molecule has 7 heteroatoms. The molecule has 31 heavy (non-hydrogen) atoms. The van der Waals surface area contributed by atoms with E-state index in [9.17, 15) is 9.59 Å². The van der Waals surface area contributed by atoms with Gasteiger partial charge in [0.15, 0.2) is 5.78 Å². The summed E-state index contributed by atoms with van der Waals surface area (Å²) in [5.41, 5.74) is 5.17. The van der Waals surface area contributed by atoms with E-state index in [0.29, 0.717) is 22.9 Å². The van der Waals surface area contributed by atoms with Crippen LogP contribution in [-0.4, -0.2) is 31.3 Å². The van der Waals surface area contributed by atoms with Crippen LogP contribution in [0.5, 0.6) is 0 Å². The largest absolute Gasteiger partial charge is 0.316 e. The highest BCUT2D eigenvalue weighted by Crippen LogP contribution is 2.37. The van der Waals surface area contributed by atoms with Crippen molar-refractivity contribution in [3.05, 3.63) is 62.6 Å². The van der Waals surface area contributed by atoms with Crippen LogP contribution in [0.2, 0.25) is 10.0 Å². The third-order valence-corrected chi connectivity index (χ3v) is 6.70. The number of hydrogen-bond acceptors (Lipinski definition) is 3. The highest BCUT2D eigenvalue weighted by atomic mass is 35.5. The molecule has 0 radical (unpaired) electrons. The number of benzene rings is 2. The molecular formula is C24H27Cl3N2O2. The molecule has 2 aliphatic heterocycles. The number of halogens is 3. The molecule has 1 amide bonds. The number of carbonyl (C=O) groups is 2. The smallest absolute Gasteiger partial charge is 0.227 e. The summed E-state index contributed by atoms with van der Waals surface area (Å²) in [6.45, 7) is 2.42. The van der Waals surface area contributed by atoms with Crippen molar-refractivity contribution in [1.82, 2.24) is 5.32 Å². The third kappa shape index (κ3) is 5.43. The second-order valence-electron chi connectivity index (χ2n) is 8.02. The maximum absolute atomic E-state index is 12.7. The summed E-state index contributed by atoms with van der Waals surface area (Å²) in [4.78, 5) is 26.6. The van der Waals surface area contributed by atoms with Gasteiger partial charge in [0.25, 0.3) is 0 Å². The summed E-state index contributed by atoms with van der Waals surface area (Å²) >= 11 is 12.4. The van der Waals surface area contributed by atoms with Crippen LogP contribution >= 0.6 is 35.6 Å². The van der Waals surface area contributed by atoms with Gasteiger partial charge in [-0.25, -0.2) is 0 Å². The molecule has 0 aliphatic carbocycles. The first kappa shape index (κ1) is 24.1. The van der Waals surface area contributed by atoms with E-state index in [-0.39, 0.29) is 24.1 Å². The second-order valence-corrected chi connectivity index (χ2v) is 8.83.